The summed E-state index contributed by atoms with van der Waals surface area (Å²) in [6, 6.07) is 10.5. The van der Waals surface area contributed by atoms with E-state index in [-0.39, 0.29) is 0 Å². The lowest BCUT2D eigenvalue weighted by atomic mass is 10.0. The average Bonchev–Trinajstić information content (AvgIpc) is 2.77. The van der Waals surface area contributed by atoms with Gasteiger partial charge in [0.25, 0.3) is 0 Å². The van der Waals surface area contributed by atoms with E-state index >= 15 is 0 Å². The molecule has 1 unspecified atom stereocenters. The monoisotopic (exact) mass is 263 g/mol. The Labute approximate surface area is 113 Å². The predicted molar refractivity (Wildman–Crippen MR) is 74.9 cm³/mol. The van der Waals surface area contributed by atoms with Crippen LogP contribution >= 0.6 is 11.6 Å². The van der Waals surface area contributed by atoms with Crippen LogP contribution in [0.25, 0.3) is 0 Å². The van der Waals surface area contributed by atoms with Gasteiger partial charge in [-0.1, -0.05) is 23.7 Å². The van der Waals surface area contributed by atoms with Crippen molar-refractivity contribution in [2.24, 2.45) is 7.05 Å². The lowest BCUT2D eigenvalue weighted by Crippen LogP contribution is -2.30. The zero-order valence-electron chi connectivity index (χ0n) is 10.7. The molecule has 1 N–H and O–H groups in total. The number of hydrogen-bond acceptors (Lipinski definition) is 2. The SMILES string of the molecule is CNC(Cc1ccc(Cl)cc1)Cc1ccn(C)n1. The summed E-state index contributed by atoms with van der Waals surface area (Å²) in [4.78, 5) is 0. The van der Waals surface area contributed by atoms with Gasteiger partial charge in [-0.3, -0.25) is 4.68 Å². The van der Waals surface area contributed by atoms with E-state index in [1.165, 1.54) is 5.56 Å². The van der Waals surface area contributed by atoms with Crippen molar-refractivity contribution in [3.05, 3.63) is 52.8 Å². The Morgan fingerprint density at radius 3 is 2.50 bits per heavy atom. The number of rotatable bonds is 5. The van der Waals surface area contributed by atoms with Gasteiger partial charge in [0.15, 0.2) is 0 Å². The van der Waals surface area contributed by atoms with Crippen molar-refractivity contribution >= 4 is 11.6 Å². The minimum atomic E-state index is 0.390. The van der Waals surface area contributed by atoms with E-state index in [0.717, 1.165) is 23.6 Å². The molecule has 0 amide bonds. The number of likely N-dealkylation sites (N-methyl/N-ethyl adjacent to an activating group) is 1. The van der Waals surface area contributed by atoms with Crippen LogP contribution in [0.1, 0.15) is 11.3 Å². The Hall–Kier alpha value is -1.32. The van der Waals surface area contributed by atoms with E-state index in [9.17, 15) is 0 Å². The Bertz CT molecular complexity index is 490. The Balaban J connectivity index is 1.99. The molecule has 0 aliphatic heterocycles. The molecule has 4 heteroatoms. The first-order chi connectivity index (χ1) is 8.67. The van der Waals surface area contributed by atoms with E-state index in [1.807, 2.05) is 37.1 Å². The highest BCUT2D eigenvalue weighted by Gasteiger charge is 2.10. The van der Waals surface area contributed by atoms with Crippen LogP contribution in [0, 0.1) is 0 Å². The first kappa shape index (κ1) is 13.1. The molecule has 2 rings (SSSR count). The van der Waals surface area contributed by atoms with Gasteiger partial charge in [-0.15, -0.1) is 0 Å². The molecule has 0 bridgehead atoms. The fourth-order valence-corrected chi connectivity index (χ4v) is 2.13. The maximum atomic E-state index is 5.89. The van der Waals surface area contributed by atoms with Crippen LogP contribution < -0.4 is 5.32 Å². The predicted octanol–water partition coefficient (Wildman–Crippen LogP) is 2.45. The molecule has 96 valence electrons. The fourth-order valence-electron chi connectivity index (χ4n) is 2.01. The van der Waals surface area contributed by atoms with Gasteiger partial charge in [0.2, 0.25) is 0 Å². The number of hydrogen-bond donors (Lipinski definition) is 1. The molecule has 2 aromatic rings. The third kappa shape index (κ3) is 3.59. The van der Waals surface area contributed by atoms with Crippen molar-refractivity contribution in [1.82, 2.24) is 15.1 Å². The van der Waals surface area contributed by atoms with E-state index in [2.05, 4.69) is 28.6 Å². The Kier molecular flexibility index (Phi) is 4.39. The van der Waals surface area contributed by atoms with Gasteiger partial charge in [-0.2, -0.15) is 5.10 Å². The zero-order valence-corrected chi connectivity index (χ0v) is 11.5. The molecular formula is C14H18ClN3. The lowest BCUT2D eigenvalue weighted by Gasteiger charge is -2.15. The second-order valence-electron chi connectivity index (χ2n) is 4.50. The van der Waals surface area contributed by atoms with Gasteiger partial charge in [0, 0.05) is 30.7 Å². The van der Waals surface area contributed by atoms with Gasteiger partial charge in [0.1, 0.15) is 0 Å². The molecule has 18 heavy (non-hydrogen) atoms. The van der Waals surface area contributed by atoms with Crippen LogP contribution in [0.15, 0.2) is 36.5 Å². The molecule has 0 aliphatic rings. The van der Waals surface area contributed by atoms with Gasteiger partial charge >= 0.3 is 0 Å². The van der Waals surface area contributed by atoms with Crippen molar-refractivity contribution in [3.63, 3.8) is 0 Å². The third-order valence-corrected chi connectivity index (χ3v) is 3.28. The summed E-state index contributed by atoms with van der Waals surface area (Å²) in [7, 11) is 3.93. The summed E-state index contributed by atoms with van der Waals surface area (Å²) in [6.45, 7) is 0. The molecule has 3 nitrogen and oxygen atoms in total. The summed E-state index contributed by atoms with van der Waals surface area (Å²) < 4.78 is 1.84. The minimum absolute atomic E-state index is 0.390. The maximum Gasteiger partial charge on any atom is 0.0640 e. The smallest absolute Gasteiger partial charge is 0.0640 e. The summed E-state index contributed by atoms with van der Waals surface area (Å²) in [6.07, 6.45) is 3.88. The highest BCUT2D eigenvalue weighted by molar-refractivity contribution is 6.30. The molecule has 0 spiro atoms. The number of halogens is 1. The van der Waals surface area contributed by atoms with Crippen molar-refractivity contribution in [2.75, 3.05) is 7.05 Å². The van der Waals surface area contributed by atoms with Crippen LogP contribution in [0.3, 0.4) is 0 Å². The van der Waals surface area contributed by atoms with Crippen molar-refractivity contribution < 1.29 is 0 Å². The molecular weight excluding hydrogens is 246 g/mol. The average molecular weight is 264 g/mol. The molecule has 1 aromatic heterocycles. The van der Waals surface area contributed by atoms with Gasteiger partial charge in [-0.25, -0.2) is 0 Å². The standard InChI is InChI=1S/C14H18ClN3/c1-16-14(10-13-7-8-18(2)17-13)9-11-3-5-12(15)6-4-11/h3-8,14,16H,9-10H2,1-2H3. The highest BCUT2D eigenvalue weighted by atomic mass is 35.5. The van der Waals surface area contributed by atoms with E-state index in [1.54, 1.807) is 0 Å². The fraction of sp³-hybridized carbons (Fsp3) is 0.357. The highest BCUT2D eigenvalue weighted by Crippen LogP contribution is 2.12. The van der Waals surface area contributed by atoms with Gasteiger partial charge < -0.3 is 5.32 Å². The van der Waals surface area contributed by atoms with Crippen LogP contribution in [0.4, 0.5) is 0 Å². The summed E-state index contributed by atoms with van der Waals surface area (Å²) in [5.74, 6) is 0. The zero-order chi connectivity index (χ0) is 13.0. The quantitative estimate of drug-likeness (QED) is 0.898. The molecule has 0 radical (unpaired) electrons. The van der Waals surface area contributed by atoms with E-state index in [4.69, 9.17) is 11.6 Å². The van der Waals surface area contributed by atoms with Gasteiger partial charge in [0.05, 0.1) is 5.69 Å². The van der Waals surface area contributed by atoms with Gasteiger partial charge in [-0.05, 0) is 37.2 Å². The second-order valence-corrected chi connectivity index (χ2v) is 4.94. The topological polar surface area (TPSA) is 29.9 Å². The number of nitrogens with one attached hydrogen (secondary N) is 1. The second kappa shape index (κ2) is 6.03. The number of aromatic nitrogens is 2. The minimum Gasteiger partial charge on any atom is -0.316 e. The summed E-state index contributed by atoms with van der Waals surface area (Å²) in [5.41, 5.74) is 2.40. The van der Waals surface area contributed by atoms with E-state index in [0.29, 0.717) is 6.04 Å². The maximum absolute atomic E-state index is 5.89. The van der Waals surface area contributed by atoms with E-state index < -0.39 is 0 Å². The lowest BCUT2D eigenvalue weighted by molar-refractivity contribution is 0.545. The molecule has 0 aliphatic carbocycles. The molecule has 1 aromatic carbocycles. The Morgan fingerprint density at radius 1 is 1.22 bits per heavy atom. The van der Waals surface area contributed by atoms with Crippen molar-refractivity contribution in [2.45, 2.75) is 18.9 Å². The molecule has 0 saturated carbocycles. The third-order valence-electron chi connectivity index (χ3n) is 3.03. The van der Waals surface area contributed by atoms with Crippen molar-refractivity contribution in [1.29, 1.82) is 0 Å². The van der Waals surface area contributed by atoms with Crippen LogP contribution in [-0.4, -0.2) is 22.9 Å². The number of benzene rings is 1. The largest absolute Gasteiger partial charge is 0.316 e. The first-order valence-corrected chi connectivity index (χ1v) is 6.45. The number of nitrogens with zero attached hydrogens (tertiary/aromatic N) is 2. The van der Waals surface area contributed by atoms with Crippen LogP contribution in [0.5, 0.6) is 0 Å². The number of aryl methyl sites for hydroxylation is 1. The van der Waals surface area contributed by atoms with Crippen LogP contribution in [0.2, 0.25) is 5.02 Å². The normalized spacial score (nSPS) is 12.6. The molecule has 1 atom stereocenters. The molecule has 1 heterocycles. The molecule has 0 fully saturated rings. The summed E-state index contributed by atoms with van der Waals surface area (Å²) >= 11 is 5.89. The first-order valence-electron chi connectivity index (χ1n) is 6.07. The van der Waals surface area contributed by atoms with Crippen LogP contribution in [-0.2, 0) is 19.9 Å². The molecule has 0 saturated heterocycles. The Morgan fingerprint density at radius 2 is 1.94 bits per heavy atom. The van der Waals surface area contributed by atoms with Crippen molar-refractivity contribution in [3.8, 4) is 0 Å². The summed E-state index contributed by atoms with van der Waals surface area (Å²) in [5, 5.41) is 8.53.